The molecule has 0 atom stereocenters. The van der Waals surface area contributed by atoms with E-state index in [0.29, 0.717) is 12.8 Å². The summed E-state index contributed by atoms with van der Waals surface area (Å²) in [6.07, 6.45) is 4.16. The third-order valence-corrected chi connectivity index (χ3v) is 6.00. The van der Waals surface area contributed by atoms with Crippen molar-refractivity contribution in [3.05, 3.63) is 66.0 Å². The average Bonchev–Trinajstić information content (AvgIpc) is 3.42. The van der Waals surface area contributed by atoms with Crippen LogP contribution in [0.15, 0.2) is 54.6 Å². The van der Waals surface area contributed by atoms with E-state index in [4.69, 9.17) is 4.98 Å². The molecule has 4 nitrogen and oxygen atoms in total. The molecule has 1 N–H and O–H groups in total. The van der Waals surface area contributed by atoms with Crippen LogP contribution in [0.3, 0.4) is 0 Å². The molecule has 0 unspecified atom stereocenters. The van der Waals surface area contributed by atoms with E-state index in [2.05, 4.69) is 11.1 Å². The Morgan fingerprint density at radius 3 is 2.77 bits per heavy atom. The van der Waals surface area contributed by atoms with Crippen LogP contribution in [-0.2, 0) is 11.2 Å². The number of carbonyl (C=O) groups excluding carboxylic acids is 1. The van der Waals surface area contributed by atoms with Crippen molar-refractivity contribution in [3.63, 3.8) is 0 Å². The molecule has 1 aliphatic rings. The molecule has 4 aromatic rings. The van der Waals surface area contributed by atoms with Crippen LogP contribution in [0.4, 0.5) is 4.39 Å². The zero-order chi connectivity index (χ0) is 20.5. The summed E-state index contributed by atoms with van der Waals surface area (Å²) >= 11 is 0. The highest BCUT2D eigenvalue weighted by atomic mass is 19.1. The highest BCUT2D eigenvalue weighted by molar-refractivity contribution is 5.91. The van der Waals surface area contributed by atoms with Crippen molar-refractivity contribution in [1.29, 1.82) is 0 Å². The fourth-order valence-electron chi connectivity index (χ4n) is 4.44. The number of pyridine rings is 1. The molecule has 5 heteroatoms. The Balaban J connectivity index is 1.48. The van der Waals surface area contributed by atoms with Gasteiger partial charge < -0.3 is 9.88 Å². The molecule has 1 amide bonds. The van der Waals surface area contributed by atoms with Crippen LogP contribution in [0.1, 0.15) is 31.2 Å². The van der Waals surface area contributed by atoms with Crippen molar-refractivity contribution in [1.82, 2.24) is 14.9 Å². The molecule has 3 heterocycles. The fraction of sp³-hybridized carbons (Fsp3) is 0.280. The summed E-state index contributed by atoms with van der Waals surface area (Å²) in [5.41, 5.74) is 4.60. The van der Waals surface area contributed by atoms with Gasteiger partial charge >= 0.3 is 0 Å². The molecule has 2 aromatic carbocycles. The van der Waals surface area contributed by atoms with Gasteiger partial charge in [0.15, 0.2) is 0 Å². The van der Waals surface area contributed by atoms with E-state index in [1.807, 2.05) is 35.2 Å². The molecule has 5 rings (SSSR count). The lowest BCUT2D eigenvalue weighted by atomic mass is 10.0. The average molecular weight is 401 g/mol. The van der Waals surface area contributed by atoms with Crippen LogP contribution >= 0.6 is 0 Å². The van der Waals surface area contributed by atoms with E-state index < -0.39 is 0 Å². The Hall–Kier alpha value is -3.21. The monoisotopic (exact) mass is 401 g/mol. The molecule has 1 saturated heterocycles. The molecule has 0 spiro atoms. The minimum atomic E-state index is -0.256. The molecular weight excluding hydrogens is 377 g/mol. The molecule has 0 radical (unpaired) electrons. The zero-order valence-electron chi connectivity index (χ0n) is 16.8. The van der Waals surface area contributed by atoms with Crippen LogP contribution < -0.4 is 0 Å². The van der Waals surface area contributed by atoms with E-state index >= 15 is 0 Å². The summed E-state index contributed by atoms with van der Waals surface area (Å²) in [6, 6.07) is 16.9. The van der Waals surface area contributed by atoms with Crippen molar-refractivity contribution in [2.24, 2.45) is 0 Å². The summed E-state index contributed by atoms with van der Waals surface area (Å²) in [7, 11) is 0. The SMILES string of the molecule is O=C(CCCc1c(-c2ccc3ccccc3n2)[nH]c2ccc(F)cc12)N1CCCC1. The van der Waals surface area contributed by atoms with Gasteiger partial charge in [-0.25, -0.2) is 9.37 Å². The molecular formula is C25H24FN3O. The van der Waals surface area contributed by atoms with Gasteiger partial charge in [0.25, 0.3) is 0 Å². The minimum absolute atomic E-state index is 0.226. The number of halogens is 1. The predicted octanol–water partition coefficient (Wildman–Crippen LogP) is 5.47. The second-order valence-corrected chi connectivity index (χ2v) is 8.00. The van der Waals surface area contributed by atoms with Gasteiger partial charge in [-0.05, 0) is 61.6 Å². The van der Waals surface area contributed by atoms with E-state index in [-0.39, 0.29) is 11.7 Å². The number of aromatic nitrogens is 2. The number of fused-ring (bicyclic) bond motifs is 2. The van der Waals surface area contributed by atoms with Crippen LogP contribution in [0.5, 0.6) is 0 Å². The maximum Gasteiger partial charge on any atom is 0.222 e. The van der Waals surface area contributed by atoms with Crippen molar-refractivity contribution in [2.45, 2.75) is 32.1 Å². The van der Waals surface area contributed by atoms with Gasteiger partial charge in [-0.3, -0.25) is 4.79 Å². The largest absolute Gasteiger partial charge is 0.353 e. The van der Waals surface area contributed by atoms with E-state index in [1.54, 1.807) is 12.1 Å². The smallest absolute Gasteiger partial charge is 0.222 e. The van der Waals surface area contributed by atoms with Crippen LogP contribution in [-0.4, -0.2) is 33.9 Å². The zero-order valence-corrected chi connectivity index (χ0v) is 16.8. The Morgan fingerprint density at radius 2 is 1.90 bits per heavy atom. The highest BCUT2D eigenvalue weighted by Crippen LogP contribution is 2.32. The number of para-hydroxylation sites is 1. The Bertz CT molecular complexity index is 1220. The number of nitrogens with zero attached hydrogens (tertiary/aromatic N) is 2. The standard InChI is InChI=1S/C25H24FN3O/c26-18-11-13-22-20(16-18)19(7-5-9-24(30)29-14-3-4-15-29)25(28-22)23-12-10-17-6-1-2-8-21(17)27-23/h1-2,6,8,10-13,16,28H,3-5,7,9,14-15H2. The van der Waals surface area contributed by atoms with Crippen LogP contribution in [0.2, 0.25) is 0 Å². The molecule has 0 bridgehead atoms. The normalized spacial score (nSPS) is 14.1. The quantitative estimate of drug-likeness (QED) is 0.482. The topological polar surface area (TPSA) is 49.0 Å². The second kappa shape index (κ2) is 7.90. The molecule has 0 saturated carbocycles. The van der Waals surface area contributed by atoms with Crippen molar-refractivity contribution >= 4 is 27.7 Å². The summed E-state index contributed by atoms with van der Waals surface area (Å²) in [6.45, 7) is 1.76. The van der Waals surface area contributed by atoms with E-state index in [0.717, 1.165) is 71.1 Å². The predicted molar refractivity (Wildman–Crippen MR) is 118 cm³/mol. The Kier molecular flexibility index (Phi) is 4.95. The number of nitrogens with one attached hydrogen (secondary N) is 1. The number of H-pyrrole nitrogens is 1. The second-order valence-electron chi connectivity index (χ2n) is 8.00. The van der Waals surface area contributed by atoms with Gasteiger partial charge in [-0.1, -0.05) is 24.3 Å². The first-order valence-electron chi connectivity index (χ1n) is 10.6. The van der Waals surface area contributed by atoms with Gasteiger partial charge in [0, 0.05) is 35.8 Å². The maximum absolute atomic E-state index is 14.0. The molecule has 0 aliphatic carbocycles. The van der Waals surface area contributed by atoms with E-state index in [1.165, 1.54) is 6.07 Å². The number of aryl methyl sites for hydroxylation is 1. The van der Waals surface area contributed by atoms with Gasteiger partial charge in [0.1, 0.15) is 5.82 Å². The first-order chi connectivity index (χ1) is 14.7. The lowest BCUT2D eigenvalue weighted by molar-refractivity contribution is -0.130. The molecule has 1 fully saturated rings. The van der Waals surface area contributed by atoms with E-state index in [9.17, 15) is 9.18 Å². The summed E-state index contributed by atoms with van der Waals surface area (Å²) in [4.78, 5) is 22.7. The van der Waals surface area contributed by atoms with Gasteiger partial charge in [0.2, 0.25) is 5.91 Å². The summed E-state index contributed by atoms with van der Waals surface area (Å²) in [5, 5.41) is 1.95. The van der Waals surface area contributed by atoms with Crippen LogP contribution in [0, 0.1) is 5.82 Å². The summed E-state index contributed by atoms with van der Waals surface area (Å²) < 4.78 is 14.0. The molecule has 152 valence electrons. The van der Waals surface area contributed by atoms with Crippen molar-refractivity contribution in [3.8, 4) is 11.4 Å². The molecule has 1 aliphatic heterocycles. The Labute approximate surface area is 174 Å². The number of hydrogen-bond donors (Lipinski definition) is 1. The van der Waals surface area contributed by atoms with Gasteiger partial charge in [0.05, 0.1) is 16.9 Å². The number of rotatable bonds is 5. The molecule has 2 aromatic heterocycles. The van der Waals surface area contributed by atoms with Crippen LogP contribution in [0.25, 0.3) is 33.2 Å². The van der Waals surface area contributed by atoms with Crippen molar-refractivity contribution in [2.75, 3.05) is 13.1 Å². The lowest BCUT2D eigenvalue weighted by Crippen LogP contribution is -2.27. The molecule has 30 heavy (non-hydrogen) atoms. The number of amides is 1. The van der Waals surface area contributed by atoms with Gasteiger partial charge in [-0.15, -0.1) is 0 Å². The number of aromatic amines is 1. The number of carbonyl (C=O) groups is 1. The van der Waals surface area contributed by atoms with Crippen molar-refractivity contribution < 1.29 is 9.18 Å². The maximum atomic E-state index is 14.0. The summed E-state index contributed by atoms with van der Waals surface area (Å²) in [5.74, 6) is -0.0298. The number of benzene rings is 2. The highest BCUT2D eigenvalue weighted by Gasteiger charge is 2.19. The number of likely N-dealkylation sites (tertiary alicyclic amines) is 1. The Morgan fingerprint density at radius 1 is 1.07 bits per heavy atom. The third kappa shape index (κ3) is 3.56. The first-order valence-corrected chi connectivity index (χ1v) is 10.6. The fourth-order valence-corrected chi connectivity index (χ4v) is 4.44. The minimum Gasteiger partial charge on any atom is -0.353 e. The first kappa shape index (κ1) is 18.8. The third-order valence-electron chi connectivity index (χ3n) is 6.00. The van der Waals surface area contributed by atoms with Gasteiger partial charge in [-0.2, -0.15) is 0 Å². The lowest BCUT2D eigenvalue weighted by Gasteiger charge is -2.15. The number of hydrogen-bond acceptors (Lipinski definition) is 2.